The van der Waals surface area contributed by atoms with Crippen molar-refractivity contribution >= 4 is 59.0 Å². The molecule has 0 heterocycles. The fraction of sp³-hybridized carbons (Fsp3) is 0.364. The summed E-state index contributed by atoms with van der Waals surface area (Å²) < 4.78 is 0. The van der Waals surface area contributed by atoms with E-state index in [-0.39, 0.29) is 35.3 Å². The van der Waals surface area contributed by atoms with Gasteiger partial charge in [-0.1, -0.05) is 55.2 Å². The van der Waals surface area contributed by atoms with Crippen molar-refractivity contribution in [3.05, 3.63) is 69.2 Å². The lowest BCUT2D eigenvalue weighted by molar-refractivity contribution is 0.0827. The van der Waals surface area contributed by atoms with Gasteiger partial charge < -0.3 is 15.5 Å². The van der Waals surface area contributed by atoms with Crippen molar-refractivity contribution in [2.45, 2.75) is 25.8 Å². The second-order valence-corrected chi connectivity index (χ2v) is 8.47. The Labute approximate surface area is 206 Å². The minimum absolute atomic E-state index is 0. The average molecular weight is 563 g/mol. The molecule has 30 heavy (non-hydrogen) atoms. The van der Waals surface area contributed by atoms with Gasteiger partial charge in [0.2, 0.25) is 0 Å². The third-order valence-corrected chi connectivity index (χ3v) is 5.26. The summed E-state index contributed by atoms with van der Waals surface area (Å²) in [5.74, 6) is 0.664. The van der Waals surface area contributed by atoms with Crippen molar-refractivity contribution in [1.29, 1.82) is 0 Å². The molecule has 2 aromatic carbocycles. The van der Waals surface area contributed by atoms with Crippen LogP contribution in [0.25, 0.3) is 0 Å². The molecule has 2 aromatic rings. The maximum absolute atomic E-state index is 12.0. The zero-order valence-corrected chi connectivity index (χ0v) is 21.8. The topological polar surface area (TPSA) is 56.7 Å². The molecule has 8 heteroatoms. The van der Waals surface area contributed by atoms with E-state index in [4.69, 9.17) is 23.2 Å². The van der Waals surface area contributed by atoms with Gasteiger partial charge in [0.1, 0.15) is 0 Å². The first kappa shape index (κ1) is 26.5. The van der Waals surface area contributed by atoms with Crippen LogP contribution in [0.1, 0.15) is 35.3 Å². The number of hydrogen-bond donors (Lipinski definition) is 2. The molecule has 2 N–H and O–H groups in total. The van der Waals surface area contributed by atoms with Crippen LogP contribution in [-0.4, -0.2) is 44.5 Å². The maximum Gasteiger partial charge on any atom is 0.253 e. The highest BCUT2D eigenvalue weighted by molar-refractivity contribution is 14.0. The Morgan fingerprint density at radius 1 is 1.03 bits per heavy atom. The van der Waals surface area contributed by atoms with E-state index in [0.717, 1.165) is 11.1 Å². The molecular weight excluding hydrogens is 534 g/mol. The van der Waals surface area contributed by atoms with Gasteiger partial charge in [-0.3, -0.25) is 9.79 Å². The van der Waals surface area contributed by atoms with Crippen molar-refractivity contribution in [2.75, 3.05) is 27.7 Å². The van der Waals surface area contributed by atoms with E-state index in [1.165, 1.54) is 0 Å². The third-order valence-electron chi connectivity index (χ3n) is 4.63. The molecule has 1 amide bonds. The Balaban J connectivity index is 0.00000450. The largest absolute Gasteiger partial charge is 0.356 e. The summed E-state index contributed by atoms with van der Waals surface area (Å²) in [5, 5.41) is 7.93. The molecule has 0 aliphatic carbocycles. The first-order valence-corrected chi connectivity index (χ1v) is 10.1. The zero-order chi connectivity index (χ0) is 21.6. The van der Waals surface area contributed by atoms with Crippen LogP contribution in [0.3, 0.4) is 0 Å². The number of guanidine groups is 1. The second kappa shape index (κ2) is 11.8. The van der Waals surface area contributed by atoms with E-state index >= 15 is 0 Å². The average Bonchev–Trinajstić information content (AvgIpc) is 2.67. The summed E-state index contributed by atoms with van der Waals surface area (Å²) in [4.78, 5) is 17.8. The number of benzene rings is 2. The summed E-state index contributed by atoms with van der Waals surface area (Å²) in [6.45, 7) is 5.36. The summed E-state index contributed by atoms with van der Waals surface area (Å²) in [7, 11) is 5.21. The molecule has 0 fully saturated rings. The number of carbonyl (C=O) groups is 1. The molecule has 0 saturated carbocycles. The predicted octanol–water partition coefficient (Wildman–Crippen LogP) is 4.96. The molecule has 0 atom stereocenters. The number of halogens is 3. The summed E-state index contributed by atoms with van der Waals surface area (Å²) >= 11 is 12.7. The van der Waals surface area contributed by atoms with Crippen LogP contribution in [0.15, 0.2) is 47.5 Å². The Hall–Kier alpha value is -1.51. The summed E-state index contributed by atoms with van der Waals surface area (Å²) in [5.41, 5.74) is 2.34. The van der Waals surface area contributed by atoms with Crippen molar-refractivity contribution in [3.8, 4) is 0 Å². The van der Waals surface area contributed by atoms with Crippen LogP contribution >= 0.6 is 47.2 Å². The van der Waals surface area contributed by atoms with E-state index in [0.29, 0.717) is 34.7 Å². The van der Waals surface area contributed by atoms with Crippen molar-refractivity contribution in [1.82, 2.24) is 15.5 Å². The lowest BCUT2D eigenvalue weighted by atomic mass is 9.84. The van der Waals surface area contributed by atoms with Crippen LogP contribution in [0.5, 0.6) is 0 Å². The lowest BCUT2D eigenvalue weighted by Gasteiger charge is -2.28. The highest BCUT2D eigenvalue weighted by atomic mass is 127. The molecule has 0 unspecified atom stereocenters. The van der Waals surface area contributed by atoms with Gasteiger partial charge in [-0.05, 0) is 35.4 Å². The minimum Gasteiger partial charge on any atom is -0.356 e. The van der Waals surface area contributed by atoms with Gasteiger partial charge in [0, 0.05) is 55.3 Å². The number of amides is 1. The van der Waals surface area contributed by atoms with E-state index in [2.05, 4.69) is 29.5 Å². The predicted molar refractivity (Wildman–Crippen MR) is 138 cm³/mol. The monoisotopic (exact) mass is 562 g/mol. The zero-order valence-electron chi connectivity index (χ0n) is 17.9. The molecule has 0 spiro atoms. The normalized spacial score (nSPS) is 11.5. The summed E-state index contributed by atoms with van der Waals surface area (Å²) in [6, 6.07) is 13.1. The van der Waals surface area contributed by atoms with Gasteiger partial charge >= 0.3 is 0 Å². The van der Waals surface area contributed by atoms with E-state index in [1.54, 1.807) is 26.0 Å². The molecule has 0 saturated heterocycles. The third kappa shape index (κ3) is 7.03. The first-order chi connectivity index (χ1) is 13.7. The first-order valence-electron chi connectivity index (χ1n) is 9.35. The molecule has 164 valence electrons. The second-order valence-electron chi connectivity index (χ2n) is 7.66. The van der Waals surface area contributed by atoms with Gasteiger partial charge in [0.05, 0.1) is 0 Å². The van der Waals surface area contributed by atoms with E-state index in [9.17, 15) is 4.79 Å². The van der Waals surface area contributed by atoms with Gasteiger partial charge in [0.15, 0.2) is 5.96 Å². The quantitative estimate of drug-likeness (QED) is 0.297. The Kier molecular flexibility index (Phi) is 10.4. The number of carbonyl (C=O) groups excluding carboxylic acids is 1. The fourth-order valence-electron chi connectivity index (χ4n) is 2.97. The number of rotatable bonds is 6. The maximum atomic E-state index is 12.0. The highest BCUT2D eigenvalue weighted by Gasteiger charge is 2.26. The summed E-state index contributed by atoms with van der Waals surface area (Å²) in [6.07, 6.45) is 0. The molecule has 0 bridgehead atoms. The van der Waals surface area contributed by atoms with E-state index in [1.807, 2.05) is 42.5 Å². The standard InChI is InChI=1S/C22H28Cl2N4O.HI/c1-22(2,19-17(23)7-6-8-18(19)24)14-27-21(25-3)26-13-15-9-11-16(12-10-15)20(29)28(4)5;/h6-12H,13-14H2,1-5H3,(H2,25,26,27);1H. The molecule has 5 nitrogen and oxygen atoms in total. The molecular formula is C22H29Cl2IN4O. The van der Waals surface area contributed by atoms with Crippen molar-refractivity contribution < 1.29 is 4.79 Å². The van der Waals surface area contributed by atoms with Crippen LogP contribution in [0, 0.1) is 0 Å². The van der Waals surface area contributed by atoms with Crippen molar-refractivity contribution in [3.63, 3.8) is 0 Å². The van der Waals surface area contributed by atoms with Crippen LogP contribution < -0.4 is 10.6 Å². The lowest BCUT2D eigenvalue weighted by Crippen LogP contribution is -2.43. The number of hydrogen-bond acceptors (Lipinski definition) is 2. The number of nitrogens with one attached hydrogen (secondary N) is 2. The fourth-order valence-corrected chi connectivity index (χ4v) is 3.88. The van der Waals surface area contributed by atoms with Crippen LogP contribution in [0.4, 0.5) is 0 Å². The molecule has 0 aromatic heterocycles. The smallest absolute Gasteiger partial charge is 0.253 e. The van der Waals surface area contributed by atoms with Crippen molar-refractivity contribution in [2.24, 2.45) is 4.99 Å². The van der Waals surface area contributed by atoms with Gasteiger partial charge in [-0.25, -0.2) is 0 Å². The molecule has 0 aliphatic rings. The molecule has 0 radical (unpaired) electrons. The van der Waals surface area contributed by atoms with E-state index < -0.39 is 0 Å². The Morgan fingerprint density at radius 2 is 1.60 bits per heavy atom. The Morgan fingerprint density at radius 3 is 2.10 bits per heavy atom. The highest BCUT2D eigenvalue weighted by Crippen LogP contribution is 2.35. The van der Waals surface area contributed by atoms with Gasteiger partial charge in [-0.15, -0.1) is 24.0 Å². The van der Waals surface area contributed by atoms with Crippen LogP contribution in [-0.2, 0) is 12.0 Å². The Bertz CT molecular complexity index is 863. The number of aliphatic imine (C=N–C) groups is 1. The molecule has 2 rings (SSSR count). The SMILES string of the molecule is CN=C(NCc1ccc(C(=O)N(C)C)cc1)NCC(C)(C)c1c(Cl)cccc1Cl.I. The van der Waals surface area contributed by atoms with Gasteiger partial charge in [-0.2, -0.15) is 0 Å². The number of nitrogens with zero attached hydrogens (tertiary/aromatic N) is 2. The molecule has 0 aliphatic heterocycles. The van der Waals surface area contributed by atoms with Crippen LogP contribution in [0.2, 0.25) is 10.0 Å². The minimum atomic E-state index is -0.290. The van der Waals surface area contributed by atoms with Gasteiger partial charge in [0.25, 0.3) is 5.91 Å².